The van der Waals surface area contributed by atoms with Gasteiger partial charge in [0.05, 0.1) is 16.5 Å². The monoisotopic (exact) mass is 317 g/mol. The third-order valence-electron chi connectivity index (χ3n) is 2.98. The molecule has 1 fully saturated rings. The fourth-order valence-electron chi connectivity index (χ4n) is 1.72. The van der Waals surface area contributed by atoms with Gasteiger partial charge in [-0.15, -0.1) is 12.4 Å². The van der Waals surface area contributed by atoms with Crippen LogP contribution in [0, 0.1) is 5.92 Å². The molecule has 0 spiro atoms. The summed E-state index contributed by atoms with van der Waals surface area (Å²) in [6.45, 7) is 2.27. The summed E-state index contributed by atoms with van der Waals surface area (Å²) in [6, 6.07) is 6.86. The number of carbonyl (C=O) groups is 2. The lowest BCUT2D eigenvalue weighted by molar-refractivity contribution is -0.126. The van der Waals surface area contributed by atoms with Crippen molar-refractivity contribution in [2.75, 3.05) is 26.2 Å². The maximum absolute atomic E-state index is 11.8. The maximum atomic E-state index is 11.8. The molecule has 3 N–H and O–H groups in total. The molecule has 20 heavy (non-hydrogen) atoms. The molecule has 0 bridgehead atoms. The van der Waals surface area contributed by atoms with Gasteiger partial charge in [0.2, 0.25) is 5.91 Å². The van der Waals surface area contributed by atoms with Crippen molar-refractivity contribution in [3.8, 4) is 0 Å². The molecule has 1 heterocycles. The van der Waals surface area contributed by atoms with Crippen molar-refractivity contribution in [1.29, 1.82) is 0 Å². The Hall–Kier alpha value is -1.30. The Kier molecular flexibility index (Phi) is 6.78. The molecule has 2 amide bonds. The zero-order valence-electron chi connectivity index (χ0n) is 10.8. The second kappa shape index (κ2) is 8.09. The lowest BCUT2D eigenvalue weighted by Gasteiger charge is -2.25. The Morgan fingerprint density at radius 2 is 1.85 bits per heavy atom. The van der Waals surface area contributed by atoms with Crippen LogP contribution in [0.15, 0.2) is 24.3 Å². The molecule has 1 aromatic carbocycles. The molecular weight excluding hydrogens is 301 g/mol. The van der Waals surface area contributed by atoms with Gasteiger partial charge in [0.25, 0.3) is 5.91 Å². The third-order valence-corrected chi connectivity index (χ3v) is 3.31. The topological polar surface area (TPSA) is 70.2 Å². The normalized spacial score (nSPS) is 13.8. The lowest BCUT2D eigenvalue weighted by Crippen LogP contribution is -2.51. The number of hydrogen-bond donors (Lipinski definition) is 3. The minimum atomic E-state index is -0.231. The minimum Gasteiger partial charge on any atom is -0.354 e. The summed E-state index contributed by atoms with van der Waals surface area (Å²) >= 11 is 5.91. The van der Waals surface area contributed by atoms with Crippen molar-refractivity contribution in [2.45, 2.75) is 0 Å². The van der Waals surface area contributed by atoms with E-state index < -0.39 is 0 Å². The molecule has 1 saturated heterocycles. The summed E-state index contributed by atoms with van der Waals surface area (Å²) in [5, 5.41) is 8.95. The summed E-state index contributed by atoms with van der Waals surface area (Å²) in [5.74, 6) is -0.129. The molecule has 2 rings (SSSR count). The van der Waals surface area contributed by atoms with Gasteiger partial charge in [0.15, 0.2) is 0 Å². The predicted molar refractivity (Wildman–Crippen MR) is 80.4 cm³/mol. The van der Waals surface area contributed by atoms with Crippen LogP contribution in [0.5, 0.6) is 0 Å². The predicted octanol–water partition coefficient (Wildman–Crippen LogP) is 0.827. The van der Waals surface area contributed by atoms with Crippen molar-refractivity contribution >= 4 is 35.8 Å². The van der Waals surface area contributed by atoms with Crippen LogP contribution in [-0.4, -0.2) is 38.0 Å². The van der Waals surface area contributed by atoms with Crippen LogP contribution in [0.2, 0.25) is 5.02 Å². The highest BCUT2D eigenvalue weighted by Gasteiger charge is 2.24. The van der Waals surface area contributed by atoms with E-state index in [0.717, 1.165) is 13.1 Å². The Bertz CT molecular complexity index is 478. The first-order valence-corrected chi connectivity index (χ1v) is 6.57. The average molecular weight is 318 g/mol. The van der Waals surface area contributed by atoms with Crippen LogP contribution in [0.25, 0.3) is 0 Å². The van der Waals surface area contributed by atoms with Gasteiger partial charge in [0.1, 0.15) is 0 Å². The van der Waals surface area contributed by atoms with E-state index in [2.05, 4.69) is 16.0 Å². The van der Waals surface area contributed by atoms with Crippen molar-refractivity contribution < 1.29 is 9.59 Å². The molecule has 1 aliphatic heterocycles. The van der Waals surface area contributed by atoms with Crippen molar-refractivity contribution in [3.05, 3.63) is 34.9 Å². The van der Waals surface area contributed by atoms with E-state index in [1.807, 2.05) is 0 Å². The Morgan fingerprint density at radius 1 is 1.20 bits per heavy atom. The number of nitrogens with one attached hydrogen (secondary N) is 3. The molecular formula is C13H17Cl2N3O2. The smallest absolute Gasteiger partial charge is 0.252 e. The molecule has 1 aromatic rings. The largest absolute Gasteiger partial charge is 0.354 e. The van der Waals surface area contributed by atoms with E-state index in [0.29, 0.717) is 23.7 Å². The summed E-state index contributed by atoms with van der Waals surface area (Å²) in [6.07, 6.45) is 0. The molecule has 0 aliphatic carbocycles. The summed E-state index contributed by atoms with van der Waals surface area (Å²) in [7, 11) is 0. The quantitative estimate of drug-likeness (QED) is 0.704. The lowest BCUT2D eigenvalue weighted by atomic mass is 10.0. The van der Waals surface area contributed by atoms with E-state index in [1.165, 1.54) is 0 Å². The van der Waals surface area contributed by atoms with Gasteiger partial charge in [-0.25, -0.2) is 0 Å². The van der Waals surface area contributed by atoms with Gasteiger partial charge in [-0.05, 0) is 12.1 Å². The van der Waals surface area contributed by atoms with Gasteiger partial charge >= 0.3 is 0 Å². The van der Waals surface area contributed by atoms with E-state index in [1.54, 1.807) is 24.3 Å². The molecule has 5 nitrogen and oxygen atoms in total. The second-order valence-electron chi connectivity index (χ2n) is 4.38. The number of benzene rings is 1. The van der Waals surface area contributed by atoms with Crippen molar-refractivity contribution in [1.82, 2.24) is 16.0 Å². The standard InChI is InChI=1S/C13H16ClN3O2.ClH/c14-11-4-2-1-3-10(11)13(19)17-6-5-16-12(18)9-7-15-8-9;/h1-4,9,15H,5-8H2,(H,16,18)(H,17,19);1H. The average Bonchev–Trinajstić information content (AvgIpc) is 2.33. The Labute approximate surface area is 128 Å². The molecule has 0 unspecified atom stereocenters. The first-order valence-electron chi connectivity index (χ1n) is 6.19. The molecule has 0 aromatic heterocycles. The van der Waals surface area contributed by atoms with E-state index in [-0.39, 0.29) is 30.1 Å². The van der Waals surface area contributed by atoms with Gasteiger partial charge in [0, 0.05) is 26.2 Å². The van der Waals surface area contributed by atoms with Crippen LogP contribution in [0.4, 0.5) is 0 Å². The van der Waals surface area contributed by atoms with Crippen molar-refractivity contribution in [3.63, 3.8) is 0 Å². The number of amides is 2. The van der Waals surface area contributed by atoms with Gasteiger partial charge < -0.3 is 16.0 Å². The highest BCUT2D eigenvalue weighted by molar-refractivity contribution is 6.33. The van der Waals surface area contributed by atoms with Crippen LogP contribution in [-0.2, 0) is 4.79 Å². The molecule has 7 heteroatoms. The summed E-state index contributed by atoms with van der Waals surface area (Å²) < 4.78 is 0. The first-order chi connectivity index (χ1) is 9.18. The van der Waals surface area contributed by atoms with Crippen LogP contribution in [0.1, 0.15) is 10.4 Å². The fourth-order valence-corrected chi connectivity index (χ4v) is 1.94. The van der Waals surface area contributed by atoms with Crippen LogP contribution in [0.3, 0.4) is 0 Å². The maximum Gasteiger partial charge on any atom is 0.252 e. The van der Waals surface area contributed by atoms with E-state index in [4.69, 9.17) is 11.6 Å². The zero-order valence-corrected chi connectivity index (χ0v) is 12.4. The Morgan fingerprint density at radius 3 is 2.45 bits per heavy atom. The van der Waals surface area contributed by atoms with E-state index >= 15 is 0 Å². The van der Waals surface area contributed by atoms with Gasteiger partial charge in [-0.2, -0.15) is 0 Å². The summed E-state index contributed by atoms with van der Waals surface area (Å²) in [5.41, 5.74) is 0.443. The number of carbonyl (C=O) groups excluding carboxylic acids is 2. The number of hydrogen-bond acceptors (Lipinski definition) is 3. The van der Waals surface area contributed by atoms with Crippen LogP contribution >= 0.6 is 24.0 Å². The SMILES string of the molecule is Cl.O=C(NCCNC(=O)C1CNC1)c1ccccc1Cl. The molecule has 0 atom stereocenters. The molecule has 0 radical (unpaired) electrons. The number of halogens is 2. The molecule has 110 valence electrons. The minimum absolute atomic E-state index is 0. The van der Waals surface area contributed by atoms with Crippen LogP contribution < -0.4 is 16.0 Å². The third kappa shape index (κ3) is 4.37. The van der Waals surface area contributed by atoms with Gasteiger partial charge in [-0.3, -0.25) is 9.59 Å². The first kappa shape index (κ1) is 16.8. The van der Waals surface area contributed by atoms with E-state index in [9.17, 15) is 9.59 Å². The van der Waals surface area contributed by atoms with Gasteiger partial charge in [-0.1, -0.05) is 23.7 Å². The second-order valence-corrected chi connectivity index (χ2v) is 4.79. The molecule has 1 aliphatic rings. The van der Waals surface area contributed by atoms with Crippen molar-refractivity contribution in [2.24, 2.45) is 5.92 Å². The Balaban J connectivity index is 0.00000200. The summed E-state index contributed by atoms with van der Waals surface area (Å²) in [4.78, 5) is 23.3. The molecule has 0 saturated carbocycles. The zero-order chi connectivity index (χ0) is 13.7. The highest BCUT2D eigenvalue weighted by Crippen LogP contribution is 2.14. The number of rotatable bonds is 5. The fraction of sp³-hybridized carbons (Fsp3) is 0.385. The highest BCUT2D eigenvalue weighted by atomic mass is 35.5.